The quantitative estimate of drug-likeness (QED) is 0.191. The summed E-state index contributed by atoms with van der Waals surface area (Å²) in [5.41, 5.74) is 5.21. The van der Waals surface area contributed by atoms with Crippen molar-refractivity contribution in [2.24, 2.45) is 0 Å². The maximum atomic E-state index is 5.39. The fourth-order valence-corrected chi connectivity index (χ4v) is 8.28. The molecule has 0 spiro atoms. The van der Waals surface area contributed by atoms with Gasteiger partial charge < -0.3 is 0 Å². The van der Waals surface area contributed by atoms with Crippen molar-refractivity contribution in [1.29, 1.82) is 0 Å². The molecule has 10 aromatic rings. The number of aromatic nitrogens is 3. The van der Waals surface area contributed by atoms with Crippen LogP contribution in [0.15, 0.2) is 140 Å². The highest BCUT2D eigenvalue weighted by Gasteiger charge is 2.24. The van der Waals surface area contributed by atoms with Gasteiger partial charge in [0.25, 0.3) is 0 Å². The summed E-state index contributed by atoms with van der Waals surface area (Å²) in [6, 6.07) is 49.8. The van der Waals surface area contributed by atoms with Gasteiger partial charge in [-0.1, -0.05) is 115 Å². The average molecular weight is 578 g/mol. The van der Waals surface area contributed by atoms with Crippen LogP contribution in [0.1, 0.15) is 0 Å². The number of thiophene rings is 1. The molecule has 204 valence electrons. The van der Waals surface area contributed by atoms with Gasteiger partial charge in [0.1, 0.15) is 0 Å². The Morgan fingerprint density at radius 2 is 1.07 bits per heavy atom. The van der Waals surface area contributed by atoms with Crippen LogP contribution < -0.4 is 0 Å². The monoisotopic (exact) mass is 577 g/mol. The van der Waals surface area contributed by atoms with E-state index in [1.165, 1.54) is 52.5 Å². The first kappa shape index (κ1) is 23.9. The van der Waals surface area contributed by atoms with Crippen molar-refractivity contribution in [3.8, 4) is 17.2 Å². The van der Waals surface area contributed by atoms with Crippen LogP contribution >= 0.6 is 11.3 Å². The normalized spacial score (nSPS) is 12.1. The Bertz CT molecular complexity index is 2770. The van der Waals surface area contributed by atoms with Crippen LogP contribution in [0.2, 0.25) is 0 Å². The van der Waals surface area contributed by atoms with Gasteiger partial charge >= 0.3 is 0 Å². The second kappa shape index (κ2) is 8.96. The number of rotatable bonds is 2. The number of fused-ring (bicyclic) bond motifs is 13. The van der Waals surface area contributed by atoms with E-state index in [1.807, 2.05) is 11.3 Å². The van der Waals surface area contributed by atoms with Gasteiger partial charge in [-0.05, 0) is 40.4 Å². The summed E-state index contributed by atoms with van der Waals surface area (Å²) in [7, 11) is 0. The molecule has 7 aromatic carbocycles. The smallest absolute Gasteiger partial charge is 0.235 e. The van der Waals surface area contributed by atoms with Gasteiger partial charge in [-0.3, -0.25) is 4.57 Å². The fraction of sp³-hybridized carbons (Fsp3) is 0. The van der Waals surface area contributed by atoms with Crippen molar-refractivity contribution >= 4 is 85.8 Å². The molecule has 3 nitrogen and oxygen atoms in total. The minimum absolute atomic E-state index is 0.682. The van der Waals surface area contributed by atoms with Gasteiger partial charge in [0.15, 0.2) is 0 Å². The molecule has 0 radical (unpaired) electrons. The molecule has 0 saturated carbocycles. The first-order chi connectivity index (χ1) is 21.8. The zero-order valence-electron chi connectivity index (χ0n) is 23.5. The van der Waals surface area contributed by atoms with Gasteiger partial charge in [-0.15, -0.1) is 11.3 Å². The first-order valence-electron chi connectivity index (χ1n) is 14.9. The van der Waals surface area contributed by atoms with Gasteiger partial charge in [-0.25, -0.2) is 9.97 Å². The summed E-state index contributed by atoms with van der Waals surface area (Å²) < 4.78 is 4.92. The molecule has 0 aliphatic carbocycles. The molecule has 0 saturated heterocycles. The number of para-hydroxylation sites is 1. The summed E-state index contributed by atoms with van der Waals surface area (Å²) in [6.45, 7) is 0. The topological polar surface area (TPSA) is 30.7 Å². The fourth-order valence-electron chi connectivity index (χ4n) is 7.16. The molecular formula is C40H23N3S. The maximum absolute atomic E-state index is 5.39. The molecule has 44 heavy (non-hydrogen) atoms. The molecule has 3 heterocycles. The summed E-state index contributed by atoms with van der Waals surface area (Å²) in [5.74, 6) is 0.682. The van der Waals surface area contributed by atoms with Crippen LogP contribution in [0.25, 0.3) is 91.6 Å². The van der Waals surface area contributed by atoms with E-state index in [4.69, 9.17) is 9.97 Å². The Morgan fingerprint density at radius 1 is 0.432 bits per heavy atom. The first-order valence-corrected chi connectivity index (χ1v) is 15.7. The zero-order chi connectivity index (χ0) is 28.8. The van der Waals surface area contributed by atoms with Gasteiger partial charge in [0.2, 0.25) is 5.95 Å². The van der Waals surface area contributed by atoms with Gasteiger partial charge in [0, 0.05) is 47.3 Å². The summed E-state index contributed by atoms with van der Waals surface area (Å²) in [5, 5.41) is 11.1. The minimum atomic E-state index is 0.682. The number of hydrogen-bond acceptors (Lipinski definition) is 3. The van der Waals surface area contributed by atoms with Crippen molar-refractivity contribution in [3.63, 3.8) is 0 Å². The molecule has 10 rings (SSSR count). The number of benzene rings is 7. The average Bonchev–Trinajstić information content (AvgIpc) is 3.64. The van der Waals surface area contributed by atoms with Crippen LogP contribution in [0, 0.1) is 0 Å². The lowest BCUT2D eigenvalue weighted by atomic mass is 9.95. The zero-order valence-corrected chi connectivity index (χ0v) is 24.3. The molecule has 0 amide bonds. The maximum Gasteiger partial charge on any atom is 0.235 e. The molecular weight excluding hydrogens is 555 g/mol. The summed E-state index contributed by atoms with van der Waals surface area (Å²) >= 11 is 1.86. The molecule has 0 bridgehead atoms. The Hall–Kier alpha value is -5.58. The highest BCUT2D eigenvalue weighted by Crippen LogP contribution is 2.47. The van der Waals surface area contributed by atoms with E-state index in [0.717, 1.165) is 33.2 Å². The molecule has 0 fully saturated rings. The summed E-state index contributed by atoms with van der Waals surface area (Å²) in [6.07, 6.45) is 0. The van der Waals surface area contributed by atoms with Crippen LogP contribution in [0.3, 0.4) is 0 Å². The molecule has 0 unspecified atom stereocenters. The van der Waals surface area contributed by atoms with E-state index in [9.17, 15) is 0 Å². The van der Waals surface area contributed by atoms with Crippen LogP contribution in [0.4, 0.5) is 0 Å². The molecule has 4 heteroatoms. The lowest BCUT2D eigenvalue weighted by molar-refractivity contribution is 1.02. The summed E-state index contributed by atoms with van der Waals surface area (Å²) in [4.78, 5) is 10.7. The second-order valence-corrected chi connectivity index (χ2v) is 12.4. The Balaban J connectivity index is 1.50. The lowest BCUT2D eigenvalue weighted by Crippen LogP contribution is -2.03. The highest BCUT2D eigenvalue weighted by molar-refractivity contribution is 7.26. The predicted octanol–water partition coefficient (Wildman–Crippen LogP) is 11.1. The number of nitrogens with zero attached hydrogens (tertiary/aromatic N) is 3. The predicted molar refractivity (Wildman–Crippen MR) is 187 cm³/mol. The minimum Gasteiger partial charge on any atom is -0.277 e. The molecule has 3 aromatic heterocycles. The van der Waals surface area contributed by atoms with Crippen molar-refractivity contribution in [2.45, 2.75) is 0 Å². The van der Waals surface area contributed by atoms with Crippen molar-refractivity contribution in [2.75, 3.05) is 0 Å². The van der Waals surface area contributed by atoms with E-state index in [2.05, 4.69) is 144 Å². The van der Waals surface area contributed by atoms with Crippen LogP contribution in [0.5, 0.6) is 0 Å². The van der Waals surface area contributed by atoms with Gasteiger partial charge in [0.05, 0.1) is 22.2 Å². The van der Waals surface area contributed by atoms with Crippen molar-refractivity contribution in [1.82, 2.24) is 14.5 Å². The molecule has 0 N–H and O–H groups in total. The van der Waals surface area contributed by atoms with Crippen molar-refractivity contribution < 1.29 is 0 Å². The van der Waals surface area contributed by atoms with E-state index >= 15 is 0 Å². The third-order valence-corrected chi connectivity index (χ3v) is 10.1. The Kier molecular flexibility index (Phi) is 4.87. The van der Waals surface area contributed by atoms with Crippen LogP contribution in [-0.2, 0) is 0 Å². The SMILES string of the molecule is c1ccc(-c2nc(-n3c4ccc5sc6ccccc6c5c4c4c5ccccc5c5ccccc5c43)nc3ccccc23)cc1. The standard InChI is InChI=1S/C40H23N3S/c1-2-12-24(13-3-1)38-29-18-8-10-20-31(29)41-40(42-38)43-32-22-23-34-35(30-19-9-11-21-33(30)44-34)37(32)36-27-16-6-4-14-25(27)26-15-5-7-17-28(26)39(36)43/h1-23H. The van der Waals surface area contributed by atoms with E-state index in [1.54, 1.807) is 0 Å². The third kappa shape index (κ3) is 3.20. The Labute approximate surface area is 256 Å². The van der Waals surface area contributed by atoms with Crippen LogP contribution in [-0.4, -0.2) is 14.5 Å². The second-order valence-electron chi connectivity index (χ2n) is 11.3. The number of hydrogen-bond donors (Lipinski definition) is 0. The van der Waals surface area contributed by atoms with Crippen molar-refractivity contribution in [3.05, 3.63) is 140 Å². The highest BCUT2D eigenvalue weighted by atomic mass is 32.1. The Morgan fingerprint density at radius 3 is 1.89 bits per heavy atom. The van der Waals surface area contributed by atoms with E-state index in [0.29, 0.717) is 5.95 Å². The largest absolute Gasteiger partial charge is 0.277 e. The van der Waals surface area contributed by atoms with E-state index < -0.39 is 0 Å². The molecule has 0 atom stereocenters. The lowest BCUT2D eigenvalue weighted by Gasteiger charge is -2.13. The third-order valence-electron chi connectivity index (χ3n) is 8.98. The van der Waals surface area contributed by atoms with Gasteiger partial charge in [-0.2, -0.15) is 0 Å². The molecule has 0 aliphatic rings. The molecule has 0 aliphatic heterocycles. The van der Waals surface area contributed by atoms with E-state index in [-0.39, 0.29) is 0 Å².